The lowest BCUT2D eigenvalue weighted by molar-refractivity contribution is -0.177. The molecular formula is C27H33Cl2NO6S. The summed E-state index contributed by atoms with van der Waals surface area (Å²) in [6, 6.07) is 5.60. The average Bonchev–Trinajstić information content (AvgIpc) is 3.65. The zero-order valence-corrected chi connectivity index (χ0v) is 23.4. The predicted octanol–water partition coefficient (Wildman–Crippen LogP) is 5.31. The van der Waals surface area contributed by atoms with Crippen LogP contribution in [0.5, 0.6) is 0 Å². The van der Waals surface area contributed by atoms with Crippen molar-refractivity contribution in [2.45, 2.75) is 74.8 Å². The Hall–Kier alpha value is -2.13. The molecule has 1 aromatic carbocycles. The molecule has 1 saturated heterocycles. The molecule has 1 saturated carbocycles. The van der Waals surface area contributed by atoms with Crippen molar-refractivity contribution in [1.29, 1.82) is 0 Å². The standard InChI is InChI=1S/C27H33Cl2NO6S/c1-16(2)37(34,35)18(4)25(19-9-10-19)30-26(20-11-13-21(29)14-12-20)22(8-6-5-7-17(3)28)36-23(27(30)33)15-24(31)32/h5-8,11-14,16,18-19,22-23,25-26H,3,9-10,15H2,1-2,4H3,(H,31,32). The van der Waals surface area contributed by atoms with Crippen molar-refractivity contribution >= 4 is 44.9 Å². The fourth-order valence-corrected chi connectivity index (χ4v) is 6.60. The number of allylic oxidation sites excluding steroid dienone is 4. The third-order valence-electron chi connectivity index (χ3n) is 6.81. The molecule has 0 bridgehead atoms. The van der Waals surface area contributed by atoms with E-state index in [2.05, 4.69) is 6.58 Å². The van der Waals surface area contributed by atoms with E-state index in [1.807, 2.05) is 0 Å². The second-order valence-electron chi connectivity index (χ2n) is 9.79. The van der Waals surface area contributed by atoms with Crippen LogP contribution in [0, 0.1) is 5.92 Å². The van der Waals surface area contributed by atoms with Gasteiger partial charge in [-0.25, -0.2) is 8.42 Å². The van der Waals surface area contributed by atoms with Gasteiger partial charge in [-0.3, -0.25) is 9.59 Å². The van der Waals surface area contributed by atoms with Crippen molar-refractivity contribution in [2.75, 3.05) is 0 Å². The van der Waals surface area contributed by atoms with Crippen LogP contribution >= 0.6 is 23.2 Å². The van der Waals surface area contributed by atoms with Gasteiger partial charge in [0.25, 0.3) is 5.91 Å². The molecule has 202 valence electrons. The zero-order chi connectivity index (χ0) is 27.5. The molecule has 3 rings (SSSR count). The minimum Gasteiger partial charge on any atom is -0.481 e. The molecule has 2 aliphatic rings. The van der Waals surface area contributed by atoms with E-state index in [4.69, 9.17) is 27.9 Å². The fourth-order valence-electron chi connectivity index (χ4n) is 4.80. The van der Waals surface area contributed by atoms with Crippen LogP contribution in [0.2, 0.25) is 5.02 Å². The molecule has 2 fully saturated rings. The number of benzene rings is 1. The topological polar surface area (TPSA) is 101 Å². The summed E-state index contributed by atoms with van der Waals surface area (Å²) in [6.45, 7) is 8.51. The molecule has 0 spiro atoms. The summed E-state index contributed by atoms with van der Waals surface area (Å²) in [6.07, 6.45) is 5.66. The van der Waals surface area contributed by atoms with Gasteiger partial charge in [0.05, 0.1) is 29.0 Å². The number of carbonyl (C=O) groups is 2. The monoisotopic (exact) mass is 569 g/mol. The Morgan fingerprint density at radius 1 is 1.22 bits per heavy atom. The summed E-state index contributed by atoms with van der Waals surface area (Å²) in [5, 5.41) is 8.85. The van der Waals surface area contributed by atoms with Gasteiger partial charge in [-0.2, -0.15) is 0 Å². The smallest absolute Gasteiger partial charge is 0.306 e. The Labute approximate surface area is 228 Å². The van der Waals surface area contributed by atoms with Gasteiger partial charge in [0.1, 0.15) is 12.2 Å². The highest BCUT2D eigenvalue weighted by molar-refractivity contribution is 7.92. The SMILES string of the molecule is C=C(Cl)C=CC=CC1OC(CC(=O)O)C(=O)N(C(C2CC2)C(C)S(=O)(=O)C(C)C)C1c1ccc(Cl)cc1. The van der Waals surface area contributed by atoms with Crippen molar-refractivity contribution in [3.05, 3.63) is 70.8 Å². The first-order chi connectivity index (χ1) is 17.3. The quantitative estimate of drug-likeness (QED) is 0.362. The molecule has 5 unspecified atom stereocenters. The first-order valence-electron chi connectivity index (χ1n) is 12.2. The summed E-state index contributed by atoms with van der Waals surface area (Å²) >= 11 is 11.9. The Morgan fingerprint density at radius 2 is 1.84 bits per heavy atom. The molecule has 1 amide bonds. The molecule has 37 heavy (non-hydrogen) atoms. The number of carboxylic acid groups (broad SMARTS) is 1. The number of aliphatic carboxylic acids is 1. The fraction of sp³-hybridized carbons (Fsp3) is 0.481. The molecule has 1 aliphatic carbocycles. The molecule has 10 heteroatoms. The minimum absolute atomic E-state index is 0.0186. The van der Waals surface area contributed by atoms with Crippen molar-refractivity contribution in [1.82, 2.24) is 4.90 Å². The van der Waals surface area contributed by atoms with Gasteiger partial charge in [0.15, 0.2) is 9.84 Å². The van der Waals surface area contributed by atoms with Crippen LogP contribution in [0.15, 0.2) is 60.2 Å². The number of hydrogen-bond acceptors (Lipinski definition) is 5. The molecule has 1 heterocycles. The summed E-state index contributed by atoms with van der Waals surface area (Å²) in [5.41, 5.74) is 0.701. The van der Waals surface area contributed by atoms with Crippen LogP contribution in [0.3, 0.4) is 0 Å². The Kier molecular flexibility index (Phi) is 9.67. The molecule has 1 aromatic rings. The van der Waals surface area contributed by atoms with E-state index in [0.717, 1.165) is 12.8 Å². The third kappa shape index (κ3) is 7.05. The van der Waals surface area contributed by atoms with E-state index in [-0.39, 0.29) is 5.92 Å². The molecule has 0 aromatic heterocycles. The maximum Gasteiger partial charge on any atom is 0.306 e. The van der Waals surface area contributed by atoms with Gasteiger partial charge in [-0.05, 0) is 63.3 Å². The zero-order valence-electron chi connectivity index (χ0n) is 21.1. The molecule has 0 radical (unpaired) electrons. The lowest BCUT2D eigenvalue weighted by Gasteiger charge is -2.49. The lowest BCUT2D eigenvalue weighted by Crippen LogP contribution is -2.61. The van der Waals surface area contributed by atoms with Crippen molar-refractivity contribution in [2.24, 2.45) is 5.92 Å². The van der Waals surface area contributed by atoms with Gasteiger partial charge in [0, 0.05) is 10.1 Å². The van der Waals surface area contributed by atoms with Crippen LogP contribution in [0.4, 0.5) is 0 Å². The second-order valence-corrected chi connectivity index (χ2v) is 13.6. The molecule has 5 atom stereocenters. The van der Waals surface area contributed by atoms with Crippen LogP contribution in [0.25, 0.3) is 0 Å². The summed E-state index contributed by atoms with van der Waals surface area (Å²) < 4.78 is 32.7. The summed E-state index contributed by atoms with van der Waals surface area (Å²) in [7, 11) is -3.58. The highest BCUT2D eigenvalue weighted by Crippen LogP contribution is 2.45. The van der Waals surface area contributed by atoms with E-state index in [9.17, 15) is 23.1 Å². The van der Waals surface area contributed by atoms with Crippen molar-refractivity contribution in [3.8, 4) is 0 Å². The van der Waals surface area contributed by atoms with Gasteiger partial charge in [-0.15, -0.1) is 0 Å². The van der Waals surface area contributed by atoms with Crippen molar-refractivity contribution in [3.63, 3.8) is 0 Å². The average molecular weight is 571 g/mol. The highest BCUT2D eigenvalue weighted by atomic mass is 35.5. The number of morpholine rings is 1. The predicted molar refractivity (Wildman–Crippen MR) is 145 cm³/mol. The number of nitrogens with zero attached hydrogens (tertiary/aromatic N) is 1. The largest absolute Gasteiger partial charge is 0.481 e. The number of halogens is 2. The lowest BCUT2D eigenvalue weighted by atomic mass is 9.91. The van der Waals surface area contributed by atoms with Gasteiger partial charge < -0.3 is 14.7 Å². The molecule has 1 N–H and O–H groups in total. The highest BCUT2D eigenvalue weighted by Gasteiger charge is 2.53. The molecular weight excluding hydrogens is 537 g/mol. The van der Waals surface area contributed by atoms with Crippen LogP contribution in [-0.4, -0.2) is 59.1 Å². The third-order valence-corrected chi connectivity index (χ3v) is 9.81. The van der Waals surface area contributed by atoms with E-state index >= 15 is 0 Å². The number of carbonyl (C=O) groups excluding carboxylic acids is 1. The number of sulfone groups is 1. The van der Waals surface area contributed by atoms with Gasteiger partial charge >= 0.3 is 5.97 Å². The number of amides is 1. The summed E-state index contributed by atoms with van der Waals surface area (Å²) in [4.78, 5) is 27.1. The Bertz CT molecular complexity index is 1170. The van der Waals surface area contributed by atoms with Crippen LogP contribution < -0.4 is 0 Å². The van der Waals surface area contributed by atoms with Crippen LogP contribution in [-0.2, 0) is 24.2 Å². The maximum atomic E-state index is 13.9. The van der Waals surface area contributed by atoms with E-state index in [1.54, 1.807) is 74.2 Å². The van der Waals surface area contributed by atoms with E-state index in [1.165, 1.54) is 0 Å². The Morgan fingerprint density at radius 3 is 2.35 bits per heavy atom. The van der Waals surface area contributed by atoms with Crippen LogP contribution in [0.1, 0.15) is 51.6 Å². The number of carboxylic acids is 1. The van der Waals surface area contributed by atoms with Gasteiger partial charge in [0.2, 0.25) is 0 Å². The number of hydrogen-bond donors (Lipinski definition) is 1. The first-order valence-corrected chi connectivity index (χ1v) is 14.6. The van der Waals surface area contributed by atoms with E-state index in [0.29, 0.717) is 15.6 Å². The molecule has 1 aliphatic heterocycles. The number of ether oxygens (including phenoxy) is 1. The van der Waals surface area contributed by atoms with Gasteiger partial charge in [-0.1, -0.05) is 60.1 Å². The first kappa shape index (κ1) is 29.4. The number of rotatable bonds is 11. The minimum atomic E-state index is -3.58. The van der Waals surface area contributed by atoms with Crippen molar-refractivity contribution < 1.29 is 27.9 Å². The Balaban J connectivity index is 2.18. The maximum absolute atomic E-state index is 13.9. The molecule has 7 nitrogen and oxygen atoms in total. The van der Waals surface area contributed by atoms with E-state index < -0.39 is 62.9 Å². The summed E-state index contributed by atoms with van der Waals surface area (Å²) in [5.74, 6) is -1.73. The normalized spacial score (nSPS) is 24.6. The second kappa shape index (κ2) is 12.2.